The number of hydrogen-bond acceptors (Lipinski definition) is 7. The van der Waals surface area contributed by atoms with Crippen molar-refractivity contribution in [1.29, 1.82) is 0 Å². The van der Waals surface area contributed by atoms with Crippen LogP contribution in [0, 0.1) is 0 Å². The van der Waals surface area contributed by atoms with E-state index >= 15 is 0 Å². The molecule has 8 nitrogen and oxygen atoms in total. The number of carbonyl (C=O) groups excluding carboxylic acids is 2. The molecule has 0 atom stereocenters. The van der Waals surface area contributed by atoms with E-state index < -0.39 is 16.0 Å². The molecule has 9 heteroatoms. The summed E-state index contributed by atoms with van der Waals surface area (Å²) >= 11 is 0. The van der Waals surface area contributed by atoms with E-state index in [1.807, 2.05) is 0 Å². The SMILES string of the molecule is CCN(CC)S(=O)(=O)c1ccc(CCC(=O)OCC(=O)c2ccc3c(c2)OCCCO3)cc1. The van der Waals surface area contributed by atoms with Gasteiger partial charge >= 0.3 is 5.97 Å². The first kappa shape index (κ1) is 24.7. The Bertz CT molecular complexity index is 1080. The number of ether oxygens (including phenoxy) is 3. The largest absolute Gasteiger partial charge is 0.490 e. The average Bonchev–Trinajstić information content (AvgIpc) is 3.07. The predicted octanol–water partition coefficient (Wildman–Crippen LogP) is 3.24. The van der Waals surface area contributed by atoms with Crippen molar-refractivity contribution in [3.8, 4) is 11.5 Å². The number of ketones is 1. The minimum absolute atomic E-state index is 0.0799. The van der Waals surface area contributed by atoms with Gasteiger partial charge in [0, 0.05) is 31.5 Å². The fourth-order valence-corrected chi connectivity index (χ4v) is 4.88. The van der Waals surface area contributed by atoms with Crippen molar-refractivity contribution in [3.05, 3.63) is 53.6 Å². The lowest BCUT2D eigenvalue weighted by Gasteiger charge is -2.18. The van der Waals surface area contributed by atoms with Crippen LogP contribution in [0.4, 0.5) is 0 Å². The van der Waals surface area contributed by atoms with Gasteiger partial charge in [-0.15, -0.1) is 0 Å². The third-order valence-corrected chi connectivity index (χ3v) is 7.38. The Hall–Kier alpha value is -2.91. The zero-order valence-corrected chi connectivity index (χ0v) is 19.7. The Morgan fingerprint density at radius 1 is 0.970 bits per heavy atom. The second-order valence-electron chi connectivity index (χ2n) is 7.53. The third kappa shape index (κ3) is 6.33. The van der Waals surface area contributed by atoms with E-state index in [0.29, 0.717) is 49.8 Å². The van der Waals surface area contributed by atoms with Crippen LogP contribution in [-0.2, 0) is 26.0 Å². The summed E-state index contributed by atoms with van der Waals surface area (Å²) in [5.74, 6) is 0.274. The minimum Gasteiger partial charge on any atom is -0.490 e. The number of esters is 1. The number of Topliss-reactive ketones (excluding diaryl/α,β-unsaturated/α-hetero) is 1. The lowest BCUT2D eigenvalue weighted by molar-refractivity contribution is -0.142. The molecule has 0 amide bonds. The standard InChI is InChI=1S/C24H29NO7S/c1-3-25(4-2)33(28,29)20-10-6-18(7-11-20)8-13-24(27)32-17-21(26)19-9-12-22-23(16-19)31-15-5-14-30-22/h6-7,9-12,16H,3-5,8,13-15,17H2,1-2H3. The molecule has 0 aliphatic carbocycles. The number of hydrogen-bond donors (Lipinski definition) is 0. The van der Waals surface area contributed by atoms with E-state index in [4.69, 9.17) is 14.2 Å². The van der Waals surface area contributed by atoms with E-state index in [0.717, 1.165) is 12.0 Å². The van der Waals surface area contributed by atoms with Gasteiger partial charge in [0.2, 0.25) is 10.0 Å². The number of aryl methyl sites for hydroxylation is 1. The van der Waals surface area contributed by atoms with Crippen molar-refractivity contribution < 1.29 is 32.2 Å². The van der Waals surface area contributed by atoms with Crippen molar-refractivity contribution in [3.63, 3.8) is 0 Å². The molecule has 178 valence electrons. The van der Waals surface area contributed by atoms with Gasteiger partial charge in [-0.25, -0.2) is 8.42 Å². The fourth-order valence-electron chi connectivity index (χ4n) is 3.43. The highest BCUT2D eigenvalue weighted by Crippen LogP contribution is 2.30. The van der Waals surface area contributed by atoms with Crippen LogP contribution >= 0.6 is 0 Å². The van der Waals surface area contributed by atoms with Gasteiger partial charge in [0.1, 0.15) is 0 Å². The Labute approximate surface area is 194 Å². The molecule has 0 radical (unpaired) electrons. The molecule has 1 heterocycles. The number of carbonyl (C=O) groups is 2. The van der Waals surface area contributed by atoms with Crippen LogP contribution in [0.3, 0.4) is 0 Å². The van der Waals surface area contributed by atoms with Gasteiger partial charge in [0.05, 0.1) is 18.1 Å². The van der Waals surface area contributed by atoms with Crippen molar-refractivity contribution in [2.24, 2.45) is 0 Å². The minimum atomic E-state index is -3.51. The number of sulfonamides is 1. The maximum atomic E-state index is 12.5. The first-order chi connectivity index (χ1) is 15.8. The van der Waals surface area contributed by atoms with E-state index in [1.165, 1.54) is 4.31 Å². The highest BCUT2D eigenvalue weighted by atomic mass is 32.2. The average molecular weight is 476 g/mol. The summed E-state index contributed by atoms with van der Waals surface area (Å²) in [4.78, 5) is 24.7. The van der Waals surface area contributed by atoms with Gasteiger partial charge < -0.3 is 14.2 Å². The fraction of sp³-hybridized carbons (Fsp3) is 0.417. The van der Waals surface area contributed by atoms with Crippen LogP contribution < -0.4 is 9.47 Å². The van der Waals surface area contributed by atoms with Gasteiger partial charge in [-0.3, -0.25) is 9.59 Å². The molecule has 0 N–H and O–H groups in total. The van der Waals surface area contributed by atoms with Crippen molar-refractivity contribution in [1.82, 2.24) is 4.31 Å². The van der Waals surface area contributed by atoms with Crippen LogP contribution in [0.1, 0.15) is 42.6 Å². The molecule has 0 aromatic heterocycles. The molecule has 0 saturated carbocycles. The summed E-state index contributed by atoms with van der Waals surface area (Å²) < 4.78 is 42.7. The van der Waals surface area contributed by atoms with E-state index in [2.05, 4.69) is 0 Å². The molecule has 3 rings (SSSR count). The smallest absolute Gasteiger partial charge is 0.306 e. The molecule has 0 bridgehead atoms. The van der Waals surface area contributed by atoms with E-state index in [-0.39, 0.29) is 23.7 Å². The summed E-state index contributed by atoms with van der Waals surface area (Å²) in [6.07, 6.45) is 1.23. The quantitative estimate of drug-likeness (QED) is 0.384. The second-order valence-corrected chi connectivity index (χ2v) is 9.47. The molecule has 2 aromatic carbocycles. The Morgan fingerprint density at radius 2 is 1.64 bits per heavy atom. The lowest BCUT2D eigenvalue weighted by Crippen LogP contribution is -2.30. The molecular weight excluding hydrogens is 446 g/mol. The monoisotopic (exact) mass is 475 g/mol. The lowest BCUT2D eigenvalue weighted by atomic mass is 10.1. The molecule has 0 unspecified atom stereocenters. The topological polar surface area (TPSA) is 99.2 Å². The summed E-state index contributed by atoms with van der Waals surface area (Å²) in [6.45, 7) is 5.10. The summed E-state index contributed by atoms with van der Waals surface area (Å²) in [5, 5.41) is 0. The molecule has 1 aliphatic heterocycles. The second kappa shape index (κ2) is 11.3. The molecule has 33 heavy (non-hydrogen) atoms. The maximum Gasteiger partial charge on any atom is 0.306 e. The summed E-state index contributed by atoms with van der Waals surface area (Å²) in [7, 11) is -3.51. The number of fused-ring (bicyclic) bond motifs is 1. The van der Waals surface area contributed by atoms with Crippen LogP contribution in [0.5, 0.6) is 11.5 Å². The van der Waals surface area contributed by atoms with Crippen molar-refractivity contribution >= 4 is 21.8 Å². The number of nitrogens with zero attached hydrogens (tertiary/aromatic N) is 1. The number of benzene rings is 2. The molecule has 0 saturated heterocycles. The zero-order valence-electron chi connectivity index (χ0n) is 18.9. The Kier molecular flexibility index (Phi) is 8.46. The molecular formula is C24H29NO7S. The third-order valence-electron chi connectivity index (χ3n) is 5.32. The van der Waals surface area contributed by atoms with Gasteiger partial charge in [-0.1, -0.05) is 26.0 Å². The van der Waals surface area contributed by atoms with Gasteiger partial charge in [0.15, 0.2) is 23.9 Å². The van der Waals surface area contributed by atoms with Crippen LogP contribution in [0.15, 0.2) is 47.4 Å². The first-order valence-electron chi connectivity index (χ1n) is 11.0. The predicted molar refractivity (Wildman–Crippen MR) is 122 cm³/mol. The van der Waals surface area contributed by atoms with Crippen LogP contribution in [-0.4, -0.2) is 57.4 Å². The van der Waals surface area contributed by atoms with Crippen LogP contribution in [0.2, 0.25) is 0 Å². The van der Waals surface area contributed by atoms with Crippen LogP contribution in [0.25, 0.3) is 0 Å². The molecule has 2 aromatic rings. The van der Waals surface area contributed by atoms with E-state index in [9.17, 15) is 18.0 Å². The Morgan fingerprint density at radius 3 is 2.30 bits per heavy atom. The zero-order chi connectivity index (χ0) is 23.8. The normalized spacial score (nSPS) is 13.4. The molecule has 0 fully saturated rings. The summed E-state index contributed by atoms with van der Waals surface area (Å²) in [5.41, 5.74) is 1.19. The van der Waals surface area contributed by atoms with Crippen molar-refractivity contribution in [2.45, 2.75) is 38.0 Å². The highest BCUT2D eigenvalue weighted by Gasteiger charge is 2.21. The van der Waals surface area contributed by atoms with Crippen molar-refractivity contribution in [2.75, 3.05) is 32.9 Å². The van der Waals surface area contributed by atoms with Gasteiger partial charge in [0.25, 0.3) is 0 Å². The van der Waals surface area contributed by atoms with Gasteiger partial charge in [-0.2, -0.15) is 4.31 Å². The van der Waals surface area contributed by atoms with Gasteiger partial charge in [-0.05, 0) is 42.3 Å². The maximum absolute atomic E-state index is 12.5. The first-order valence-corrected chi connectivity index (χ1v) is 12.5. The number of rotatable bonds is 10. The van der Waals surface area contributed by atoms with E-state index in [1.54, 1.807) is 56.3 Å². The molecule has 0 spiro atoms. The Balaban J connectivity index is 1.49. The highest BCUT2D eigenvalue weighted by molar-refractivity contribution is 7.89. The summed E-state index contributed by atoms with van der Waals surface area (Å²) in [6, 6.07) is 11.4. The molecule has 1 aliphatic rings.